The van der Waals surface area contributed by atoms with Gasteiger partial charge in [0.2, 0.25) is 5.91 Å². The van der Waals surface area contributed by atoms with Crippen molar-refractivity contribution in [3.8, 4) is 0 Å². The summed E-state index contributed by atoms with van der Waals surface area (Å²) in [6, 6.07) is 6.96. The number of thiazole rings is 1. The van der Waals surface area contributed by atoms with Crippen LogP contribution in [0.3, 0.4) is 0 Å². The van der Waals surface area contributed by atoms with E-state index in [1.54, 1.807) is 23.6 Å². The number of carbonyl (C=O) groups is 2. The molecule has 150 valence electrons. The summed E-state index contributed by atoms with van der Waals surface area (Å²) in [5, 5.41) is 5.95. The quantitative estimate of drug-likeness (QED) is 0.810. The number of amides is 2. The molecule has 0 aliphatic carbocycles. The lowest BCUT2D eigenvalue weighted by Gasteiger charge is -2.36. The molecular weight excluding hydrogens is 372 g/mol. The van der Waals surface area contributed by atoms with Gasteiger partial charge in [0, 0.05) is 43.3 Å². The molecular formula is C21H28N4O2S. The topological polar surface area (TPSA) is 65.5 Å². The van der Waals surface area contributed by atoms with Gasteiger partial charge >= 0.3 is 0 Å². The number of anilines is 1. The number of rotatable bonds is 6. The monoisotopic (exact) mass is 400 g/mol. The van der Waals surface area contributed by atoms with Crippen LogP contribution >= 0.6 is 11.3 Å². The van der Waals surface area contributed by atoms with Gasteiger partial charge < -0.3 is 15.1 Å². The van der Waals surface area contributed by atoms with E-state index in [1.807, 2.05) is 35.4 Å². The minimum Gasteiger partial charge on any atom is -0.345 e. The van der Waals surface area contributed by atoms with Gasteiger partial charge in [-0.05, 0) is 30.9 Å². The fraction of sp³-hybridized carbons (Fsp3) is 0.476. The lowest BCUT2D eigenvalue weighted by Crippen LogP contribution is -2.55. The van der Waals surface area contributed by atoms with E-state index in [0.717, 1.165) is 23.8 Å². The van der Waals surface area contributed by atoms with Crippen LogP contribution in [0.5, 0.6) is 0 Å². The Morgan fingerprint density at radius 3 is 2.50 bits per heavy atom. The van der Waals surface area contributed by atoms with E-state index in [-0.39, 0.29) is 11.8 Å². The summed E-state index contributed by atoms with van der Waals surface area (Å²) < 4.78 is 0. The Balaban J connectivity index is 1.65. The minimum absolute atomic E-state index is 0.00872. The SMILES string of the molecule is Cc1ccccc1C(=O)NC(CC(C)C)C(=O)N1CCN(c2nccs2)CC1. The van der Waals surface area contributed by atoms with Crippen LogP contribution in [0, 0.1) is 12.8 Å². The van der Waals surface area contributed by atoms with Gasteiger partial charge in [-0.3, -0.25) is 9.59 Å². The predicted octanol–water partition coefficient (Wildman–Crippen LogP) is 2.94. The molecule has 1 aromatic heterocycles. The van der Waals surface area contributed by atoms with Gasteiger partial charge in [-0.1, -0.05) is 32.0 Å². The maximum Gasteiger partial charge on any atom is 0.252 e. The molecule has 2 heterocycles. The van der Waals surface area contributed by atoms with Crippen molar-refractivity contribution < 1.29 is 9.59 Å². The zero-order valence-corrected chi connectivity index (χ0v) is 17.5. The van der Waals surface area contributed by atoms with Crippen LogP contribution in [-0.4, -0.2) is 53.9 Å². The molecule has 1 saturated heterocycles. The highest BCUT2D eigenvalue weighted by Gasteiger charge is 2.30. The van der Waals surface area contributed by atoms with E-state index >= 15 is 0 Å². The predicted molar refractivity (Wildman–Crippen MR) is 113 cm³/mol. The van der Waals surface area contributed by atoms with Crippen molar-refractivity contribution in [1.82, 2.24) is 15.2 Å². The van der Waals surface area contributed by atoms with E-state index in [1.165, 1.54) is 0 Å². The first-order valence-corrected chi connectivity index (χ1v) is 10.6. The van der Waals surface area contributed by atoms with E-state index in [0.29, 0.717) is 31.0 Å². The maximum atomic E-state index is 13.2. The van der Waals surface area contributed by atoms with Crippen LogP contribution in [0.25, 0.3) is 0 Å². The lowest BCUT2D eigenvalue weighted by atomic mass is 10.0. The molecule has 0 spiro atoms. The summed E-state index contributed by atoms with van der Waals surface area (Å²) >= 11 is 1.62. The van der Waals surface area contributed by atoms with Gasteiger partial charge in [0.15, 0.2) is 5.13 Å². The summed E-state index contributed by atoms with van der Waals surface area (Å²) in [6.07, 6.45) is 2.43. The van der Waals surface area contributed by atoms with Crippen molar-refractivity contribution in [2.24, 2.45) is 5.92 Å². The average molecular weight is 401 g/mol. The second-order valence-electron chi connectivity index (χ2n) is 7.60. The van der Waals surface area contributed by atoms with Crippen molar-refractivity contribution in [2.75, 3.05) is 31.1 Å². The minimum atomic E-state index is -0.501. The second kappa shape index (κ2) is 9.19. The Bertz CT molecular complexity index is 798. The van der Waals surface area contributed by atoms with Crippen LogP contribution < -0.4 is 10.2 Å². The first-order valence-electron chi connectivity index (χ1n) is 9.75. The largest absolute Gasteiger partial charge is 0.345 e. The molecule has 1 unspecified atom stereocenters. The van der Waals surface area contributed by atoms with Crippen molar-refractivity contribution in [2.45, 2.75) is 33.2 Å². The fourth-order valence-electron chi connectivity index (χ4n) is 3.47. The Labute approximate surface area is 170 Å². The van der Waals surface area contributed by atoms with E-state index in [2.05, 4.69) is 29.0 Å². The third-order valence-corrected chi connectivity index (χ3v) is 5.81. The van der Waals surface area contributed by atoms with Crippen molar-refractivity contribution in [3.05, 3.63) is 47.0 Å². The highest BCUT2D eigenvalue weighted by molar-refractivity contribution is 7.13. The first kappa shape index (κ1) is 20.3. The zero-order chi connectivity index (χ0) is 20.1. The van der Waals surface area contributed by atoms with E-state index in [9.17, 15) is 9.59 Å². The number of piperazine rings is 1. The number of carbonyl (C=O) groups excluding carboxylic acids is 2. The number of nitrogens with one attached hydrogen (secondary N) is 1. The molecule has 1 N–H and O–H groups in total. The summed E-state index contributed by atoms with van der Waals surface area (Å²) in [7, 11) is 0. The van der Waals surface area contributed by atoms with Crippen LogP contribution in [0.2, 0.25) is 0 Å². The van der Waals surface area contributed by atoms with Crippen LogP contribution in [0.4, 0.5) is 5.13 Å². The number of nitrogens with zero attached hydrogens (tertiary/aromatic N) is 3. The third kappa shape index (κ3) is 4.90. The number of aryl methyl sites for hydroxylation is 1. The summed E-state index contributed by atoms with van der Waals surface area (Å²) in [5.74, 6) is 0.135. The lowest BCUT2D eigenvalue weighted by molar-refractivity contribution is -0.134. The molecule has 2 amide bonds. The molecule has 28 heavy (non-hydrogen) atoms. The molecule has 0 radical (unpaired) electrons. The van der Waals surface area contributed by atoms with Crippen LogP contribution in [0.1, 0.15) is 36.2 Å². The van der Waals surface area contributed by atoms with Crippen molar-refractivity contribution in [3.63, 3.8) is 0 Å². The van der Waals surface area contributed by atoms with Gasteiger partial charge in [-0.2, -0.15) is 0 Å². The smallest absolute Gasteiger partial charge is 0.252 e. The molecule has 3 rings (SSSR count). The van der Waals surface area contributed by atoms with E-state index < -0.39 is 6.04 Å². The number of benzene rings is 1. The fourth-order valence-corrected chi connectivity index (χ4v) is 4.16. The highest BCUT2D eigenvalue weighted by atomic mass is 32.1. The molecule has 7 heteroatoms. The number of hydrogen-bond acceptors (Lipinski definition) is 5. The van der Waals surface area contributed by atoms with Crippen molar-refractivity contribution >= 4 is 28.3 Å². The molecule has 1 aliphatic rings. The van der Waals surface area contributed by atoms with E-state index in [4.69, 9.17) is 0 Å². The van der Waals surface area contributed by atoms with Crippen LogP contribution in [-0.2, 0) is 4.79 Å². The van der Waals surface area contributed by atoms with Gasteiger partial charge in [0.25, 0.3) is 5.91 Å². The Morgan fingerprint density at radius 1 is 1.18 bits per heavy atom. The van der Waals surface area contributed by atoms with Crippen molar-refractivity contribution in [1.29, 1.82) is 0 Å². The Morgan fingerprint density at radius 2 is 1.89 bits per heavy atom. The molecule has 0 saturated carbocycles. The number of hydrogen-bond donors (Lipinski definition) is 1. The molecule has 1 fully saturated rings. The first-order chi connectivity index (χ1) is 13.5. The summed E-state index contributed by atoms with van der Waals surface area (Å²) in [4.78, 5) is 34.3. The Hall–Kier alpha value is -2.41. The zero-order valence-electron chi connectivity index (χ0n) is 16.7. The summed E-state index contributed by atoms with van der Waals surface area (Å²) in [5.41, 5.74) is 1.53. The summed E-state index contributed by atoms with van der Waals surface area (Å²) in [6.45, 7) is 8.87. The molecule has 1 aliphatic heterocycles. The third-order valence-electron chi connectivity index (χ3n) is 4.98. The average Bonchev–Trinajstić information content (AvgIpc) is 3.22. The normalized spacial score (nSPS) is 15.6. The van der Waals surface area contributed by atoms with Gasteiger partial charge in [-0.15, -0.1) is 11.3 Å². The highest BCUT2D eigenvalue weighted by Crippen LogP contribution is 2.20. The van der Waals surface area contributed by atoms with Gasteiger partial charge in [0.1, 0.15) is 6.04 Å². The number of aromatic nitrogens is 1. The standard InChI is InChI=1S/C21H28N4O2S/c1-15(2)14-18(23-19(26)17-7-5-4-6-16(17)3)20(27)24-9-11-25(12-10-24)21-22-8-13-28-21/h4-8,13,15,18H,9-12,14H2,1-3H3,(H,23,26). The van der Waals surface area contributed by atoms with Gasteiger partial charge in [-0.25, -0.2) is 4.98 Å². The van der Waals surface area contributed by atoms with Crippen LogP contribution in [0.15, 0.2) is 35.8 Å². The maximum absolute atomic E-state index is 13.2. The second-order valence-corrected chi connectivity index (χ2v) is 8.47. The molecule has 1 aromatic carbocycles. The molecule has 0 bridgehead atoms. The molecule has 1 atom stereocenters. The van der Waals surface area contributed by atoms with Gasteiger partial charge in [0.05, 0.1) is 0 Å². The Kier molecular flexibility index (Phi) is 6.67. The molecule has 2 aromatic rings. The molecule has 6 nitrogen and oxygen atoms in total.